The van der Waals surface area contributed by atoms with Gasteiger partial charge in [0.05, 0.1) is 13.7 Å². The standard InChI is InChI=1S/C29H28NOSi.C15H18GeN.Ir/c1-19(2)21-15-16-30-27(17-21)26-8-6-7-25-24-14-11-22(18-28(24)31-29(25)26)20-9-12-23(13-10-20)32(3,4)5;1-12-5-7-13(8-6-12)15-10-9-14(11-17-15)16(2,3)4;/h6-7,9-19H,1-5H3;5-7,9-11H,1-4H3;/q2*-1;. The van der Waals surface area contributed by atoms with Crippen molar-refractivity contribution >= 4 is 52.9 Å². The van der Waals surface area contributed by atoms with E-state index in [1.165, 1.54) is 31.8 Å². The first-order valence-electron chi connectivity index (χ1n) is 17.2. The summed E-state index contributed by atoms with van der Waals surface area (Å²) in [4.78, 5) is 9.18. The maximum absolute atomic E-state index is 6.41. The zero-order chi connectivity index (χ0) is 34.9. The molecule has 0 unspecified atom stereocenters. The van der Waals surface area contributed by atoms with E-state index >= 15 is 0 Å². The number of rotatable bonds is 6. The van der Waals surface area contributed by atoms with Gasteiger partial charge in [-0.3, -0.25) is 0 Å². The van der Waals surface area contributed by atoms with Gasteiger partial charge < -0.3 is 9.40 Å². The third-order valence-electron chi connectivity index (χ3n) is 9.10. The fourth-order valence-electron chi connectivity index (χ4n) is 5.88. The second-order valence-corrected chi connectivity index (χ2v) is 31.1. The largest absolute Gasteiger partial charge is 0 e. The monoisotopic (exact) mass is 913 g/mol. The van der Waals surface area contributed by atoms with Crippen molar-refractivity contribution in [1.29, 1.82) is 0 Å². The molecule has 0 spiro atoms. The number of hydrogen-bond donors (Lipinski definition) is 0. The third-order valence-corrected chi connectivity index (χ3v) is 15.4. The summed E-state index contributed by atoms with van der Waals surface area (Å²) in [5.74, 6) is 7.60. The Morgan fingerprint density at radius 2 is 1.48 bits per heavy atom. The van der Waals surface area contributed by atoms with Gasteiger partial charge in [-0.15, -0.1) is 18.2 Å². The molecule has 0 saturated heterocycles. The van der Waals surface area contributed by atoms with E-state index in [9.17, 15) is 0 Å². The van der Waals surface area contributed by atoms with E-state index in [0.29, 0.717) is 5.92 Å². The maximum atomic E-state index is 6.41. The molecule has 6 heteroatoms. The van der Waals surface area contributed by atoms with Gasteiger partial charge in [-0.1, -0.05) is 97.7 Å². The summed E-state index contributed by atoms with van der Waals surface area (Å²) in [6, 6.07) is 41.0. The van der Waals surface area contributed by atoms with Crippen LogP contribution in [0.1, 0.15) is 30.9 Å². The number of pyridine rings is 2. The van der Waals surface area contributed by atoms with E-state index in [1.54, 1.807) is 0 Å². The summed E-state index contributed by atoms with van der Waals surface area (Å²) < 4.78 is 7.86. The van der Waals surface area contributed by atoms with Crippen LogP contribution >= 0.6 is 0 Å². The Kier molecular flexibility index (Phi) is 11.5. The molecule has 257 valence electrons. The van der Waals surface area contributed by atoms with E-state index in [0.717, 1.165) is 44.5 Å². The number of hydrogen-bond acceptors (Lipinski definition) is 3. The van der Waals surface area contributed by atoms with Gasteiger partial charge in [0, 0.05) is 31.7 Å². The van der Waals surface area contributed by atoms with Gasteiger partial charge in [0.15, 0.2) is 0 Å². The number of fused-ring (bicyclic) bond motifs is 3. The smallest absolute Gasteiger partial charge is 0 e. The fourth-order valence-corrected chi connectivity index (χ4v) is 9.21. The average molecular weight is 912 g/mol. The summed E-state index contributed by atoms with van der Waals surface area (Å²) in [5.41, 5.74) is 10.5. The Hall–Kier alpha value is -3.61. The summed E-state index contributed by atoms with van der Waals surface area (Å²) in [6.45, 7) is 13.6. The molecule has 0 fully saturated rings. The second-order valence-electron chi connectivity index (χ2n) is 15.3. The van der Waals surface area contributed by atoms with Crippen LogP contribution in [0.4, 0.5) is 0 Å². The van der Waals surface area contributed by atoms with Gasteiger partial charge in [-0.2, -0.15) is 0 Å². The molecule has 4 aromatic carbocycles. The third kappa shape index (κ3) is 8.46. The molecule has 3 nitrogen and oxygen atoms in total. The van der Waals surface area contributed by atoms with Crippen LogP contribution in [0.3, 0.4) is 0 Å². The second kappa shape index (κ2) is 15.3. The molecule has 0 saturated carbocycles. The summed E-state index contributed by atoms with van der Waals surface area (Å²) >= 11 is -1.73. The summed E-state index contributed by atoms with van der Waals surface area (Å²) in [7, 11) is -1.30. The first-order chi connectivity index (χ1) is 23.3. The Morgan fingerprint density at radius 1 is 0.740 bits per heavy atom. The summed E-state index contributed by atoms with van der Waals surface area (Å²) in [5, 5.41) is 3.70. The van der Waals surface area contributed by atoms with Crippen molar-refractivity contribution in [2.45, 2.75) is 63.6 Å². The van der Waals surface area contributed by atoms with Crippen LogP contribution < -0.4 is 9.58 Å². The molecule has 0 aliphatic carbocycles. The molecule has 7 aromatic rings. The topological polar surface area (TPSA) is 38.9 Å². The molecule has 0 N–H and O–H groups in total. The van der Waals surface area contributed by atoms with Gasteiger partial charge in [-0.05, 0) is 34.9 Å². The van der Waals surface area contributed by atoms with Crippen LogP contribution in [0.25, 0.3) is 55.6 Å². The molecule has 0 amide bonds. The van der Waals surface area contributed by atoms with Crippen LogP contribution in [-0.4, -0.2) is 31.3 Å². The van der Waals surface area contributed by atoms with Crippen molar-refractivity contribution in [1.82, 2.24) is 9.97 Å². The van der Waals surface area contributed by atoms with Crippen molar-refractivity contribution in [3.63, 3.8) is 0 Å². The molecule has 3 aromatic heterocycles. The van der Waals surface area contributed by atoms with E-state index in [4.69, 9.17) is 4.42 Å². The number of nitrogens with zero attached hydrogens (tertiary/aromatic N) is 2. The Balaban J connectivity index is 0.000000229. The first-order valence-corrected chi connectivity index (χ1v) is 28.0. The van der Waals surface area contributed by atoms with E-state index in [1.807, 2.05) is 24.5 Å². The van der Waals surface area contributed by atoms with E-state index in [-0.39, 0.29) is 20.1 Å². The maximum Gasteiger partial charge on any atom is 0 e. The molecule has 0 aliphatic heterocycles. The minimum absolute atomic E-state index is 0. The molecule has 1 radical (unpaired) electrons. The van der Waals surface area contributed by atoms with Crippen molar-refractivity contribution in [3.8, 4) is 33.6 Å². The van der Waals surface area contributed by atoms with E-state index in [2.05, 4.69) is 165 Å². The molecular formula is C44H46GeIrN2OSi-2. The van der Waals surface area contributed by atoms with Crippen molar-refractivity contribution in [2.75, 3.05) is 0 Å². The van der Waals surface area contributed by atoms with Crippen molar-refractivity contribution in [2.24, 2.45) is 0 Å². The molecule has 50 heavy (non-hydrogen) atoms. The normalized spacial score (nSPS) is 11.7. The molecule has 3 heterocycles. The number of benzene rings is 4. The quantitative estimate of drug-likeness (QED) is 0.123. The predicted octanol–water partition coefficient (Wildman–Crippen LogP) is 11.2. The van der Waals surface area contributed by atoms with Gasteiger partial charge in [-0.25, -0.2) is 0 Å². The number of furan rings is 1. The van der Waals surface area contributed by atoms with Crippen LogP contribution in [-0.2, 0) is 20.1 Å². The van der Waals surface area contributed by atoms with Gasteiger partial charge in [0.2, 0.25) is 0 Å². The van der Waals surface area contributed by atoms with Crippen LogP contribution in [0.2, 0.25) is 36.9 Å². The predicted molar refractivity (Wildman–Crippen MR) is 215 cm³/mol. The fraction of sp³-hybridized carbons (Fsp3) is 0.227. The number of aryl methyl sites for hydroxylation is 1. The zero-order valence-corrected chi connectivity index (χ0v) is 36.1. The Morgan fingerprint density at radius 3 is 2.10 bits per heavy atom. The Bertz CT molecular complexity index is 2210. The minimum atomic E-state index is -1.73. The molecule has 0 aliphatic rings. The Labute approximate surface area is 315 Å². The molecular weight excluding hydrogens is 865 g/mol. The SMILES string of the molecule is CC(C)c1ccnc(-c2[c-]ccc3c2oc2cc(-c4ccc([Si](C)(C)C)cc4)ccc23)c1.Cc1c[c-]c(-c2cc[c]([Ge]([CH3])([CH3])[CH3])cn2)cc1.[Ir]. The first kappa shape index (κ1) is 37.6. The van der Waals surface area contributed by atoms with Crippen molar-refractivity contribution in [3.05, 3.63) is 133 Å². The summed E-state index contributed by atoms with van der Waals surface area (Å²) in [6.07, 6.45) is 3.92. The molecule has 0 atom stereocenters. The van der Waals surface area contributed by atoms with Gasteiger partial charge in [0.1, 0.15) is 5.58 Å². The molecule has 7 rings (SSSR count). The van der Waals surface area contributed by atoms with Crippen LogP contribution in [0.15, 0.2) is 114 Å². The van der Waals surface area contributed by atoms with Crippen LogP contribution in [0.5, 0.6) is 0 Å². The minimum Gasteiger partial charge on any atom is 0 e. The number of aromatic nitrogens is 2. The van der Waals surface area contributed by atoms with Crippen LogP contribution in [0, 0.1) is 19.1 Å². The van der Waals surface area contributed by atoms with Crippen molar-refractivity contribution < 1.29 is 24.5 Å². The van der Waals surface area contributed by atoms with E-state index < -0.39 is 21.3 Å². The average Bonchev–Trinajstić information content (AvgIpc) is 3.46. The zero-order valence-electron chi connectivity index (χ0n) is 30.6. The molecule has 0 bridgehead atoms. The van der Waals surface area contributed by atoms with Gasteiger partial charge >= 0.3 is 106 Å². The van der Waals surface area contributed by atoms with Gasteiger partial charge in [0.25, 0.3) is 0 Å².